The number of aliphatic hydroxyl groups excluding tert-OH is 1. The number of aliphatic hydroxyl groups is 1. The number of carbonyl (C=O) groups is 1. The van der Waals surface area contributed by atoms with E-state index in [9.17, 15) is 23.1 Å². The second kappa shape index (κ2) is 5.72. The number of benzene rings is 1. The second-order valence-corrected chi connectivity index (χ2v) is 3.26. The number of carbonyl (C=O) groups excluding carboxylic acids is 1. The largest absolute Gasteiger partial charge is 0.491 e. The van der Waals surface area contributed by atoms with Crippen LogP contribution in [0.2, 0.25) is 0 Å². The summed E-state index contributed by atoms with van der Waals surface area (Å²) in [5.74, 6) is -6.49. The quantitative estimate of drug-likeness (QED) is 0.664. The first-order valence-electron chi connectivity index (χ1n) is 5.00. The van der Waals surface area contributed by atoms with Crippen molar-refractivity contribution < 1.29 is 32.5 Å². The van der Waals surface area contributed by atoms with Crippen LogP contribution in [0.3, 0.4) is 0 Å². The summed E-state index contributed by atoms with van der Waals surface area (Å²) in [4.78, 5) is 11.2. The molecule has 0 heterocycles. The number of ether oxygens (including phenoxy) is 2. The molecule has 4 nitrogen and oxygen atoms in total. The third kappa shape index (κ3) is 2.56. The summed E-state index contributed by atoms with van der Waals surface area (Å²) < 4.78 is 48.7. The van der Waals surface area contributed by atoms with E-state index in [-0.39, 0.29) is 6.61 Å². The first kappa shape index (κ1) is 14.3. The van der Waals surface area contributed by atoms with E-state index in [1.165, 1.54) is 6.92 Å². The summed E-state index contributed by atoms with van der Waals surface area (Å²) >= 11 is 0. The zero-order chi connectivity index (χ0) is 13.9. The van der Waals surface area contributed by atoms with Gasteiger partial charge in [0.25, 0.3) is 0 Å². The van der Waals surface area contributed by atoms with Gasteiger partial charge in [-0.3, -0.25) is 0 Å². The summed E-state index contributed by atoms with van der Waals surface area (Å²) in [6, 6.07) is 0.384. The van der Waals surface area contributed by atoms with Gasteiger partial charge in [-0.2, -0.15) is 4.39 Å². The summed E-state index contributed by atoms with van der Waals surface area (Å²) in [5.41, 5.74) is -0.746. The van der Waals surface area contributed by atoms with Crippen molar-refractivity contribution in [2.24, 2.45) is 0 Å². The van der Waals surface area contributed by atoms with E-state index < -0.39 is 40.8 Å². The minimum absolute atomic E-state index is 0.0433. The molecule has 0 saturated carbocycles. The summed E-state index contributed by atoms with van der Waals surface area (Å²) in [6.45, 7) is 1.44. The van der Waals surface area contributed by atoms with Crippen molar-refractivity contribution in [3.63, 3.8) is 0 Å². The number of rotatable bonds is 4. The molecule has 0 spiro atoms. The SMILES string of the molecule is CCOC(=O)C(O)c1cc(F)c(F)c(OC)c1F. The van der Waals surface area contributed by atoms with Gasteiger partial charge in [0.2, 0.25) is 5.82 Å². The van der Waals surface area contributed by atoms with Crippen molar-refractivity contribution in [1.82, 2.24) is 0 Å². The molecular weight excluding hydrogens is 253 g/mol. The highest BCUT2D eigenvalue weighted by Gasteiger charge is 2.28. The lowest BCUT2D eigenvalue weighted by atomic mass is 10.1. The van der Waals surface area contributed by atoms with Crippen molar-refractivity contribution in [3.8, 4) is 5.75 Å². The Balaban J connectivity index is 3.25. The molecule has 1 unspecified atom stereocenters. The summed E-state index contributed by atoms with van der Waals surface area (Å²) in [6.07, 6.45) is -2.05. The van der Waals surface area contributed by atoms with E-state index in [1.54, 1.807) is 0 Å². The molecule has 1 aromatic rings. The van der Waals surface area contributed by atoms with E-state index in [1.807, 2.05) is 0 Å². The average Bonchev–Trinajstić information content (AvgIpc) is 2.34. The van der Waals surface area contributed by atoms with Crippen LogP contribution in [0.1, 0.15) is 18.6 Å². The second-order valence-electron chi connectivity index (χ2n) is 3.26. The van der Waals surface area contributed by atoms with E-state index in [0.717, 1.165) is 7.11 Å². The van der Waals surface area contributed by atoms with Gasteiger partial charge in [-0.15, -0.1) is 0 Å². The van der Waals surface area contributed by atoms with Crippen LogP contribution in [0.15, 0.2) is 6.07 Å². The van der Waals surface area contributed by atoms with Crippen LogP contribution in [0.5, 0.6) is 5.75 Å². The van der Waals surface area contributed by atoms with E-state index in [2.05, 4.69) is 9.47 Å². The molecule has 0 bridgehead atoms. The van der Waals surface area contributed by atoms with Gasteiger partial charge in [0.1, 0.15) is 0 Å². The number of hydrogen-bond donors (Lipinski definition) is 1. The lowest BCUT2D eigenvalue weighted by Crippen LogP contribution is -2.17. The Morgan fingerprint density at radius 2 is 2.00 bits per heavy atom. The molecule has 0 aliphatic heterocycles. The Morgan fingerprint density at radius 3 is 2.50 bits per heavy atom. The third-order valence-electron chi connectivity index (χ3n) is 2.15. The van der Waals surface area contributed by atoms with Gasteiger partial charge < -0.3 is 14.6 Å². The molecule has 0 aliphatic rings. The Kier molecular flexibility index (Phi) is 4.55. The molecule has 0 radical (unpaired) electrons. The maximum Gasteiger partial charge on any atom is 0.339 e. The summed E-state index contributed by atoms with van der Waals surface area (Å²) in [5, 5.41) is 9.48. The number of methoxy groups -OCH3 is 1. The number of esters is 1. The fourth-order valence-electron chi connectivity index (χ4n) is 1.33. The van der Waals surface area contributed by atoms with Crippen molar-refractivity contribution in [1.29, 1.82) is 0 Å². The van der Waals surface area contributed by atoms with Crippen molar-refractivity contribution in [3.05, 3.63) is 29.1 Å². The smallest absolute Gasteiger partial charge is 0.339 e. The zero-order valence-electron chi connectivity index (χ0n) is 9.67. The lowest BCUT2D eigenvalue weighted by Gasteiger charge is -2.13. The first-order valence-corrected chi connectivity index (χ1v) is 5.00. The molecular formula is C11H11F3O4. The predicted molar refractivity (Wildman–Crippen MR) is 54.5 cm³/mol. The molecule has 1 rings (SSSR count). The molecule has 0 aromatic heterocycles. The van der Waals surface area contributed by atoms with Crippen molar-refractivity contribution >= 4 is 5.97 Å². The van der Waals surface area contributed by atoms with Crippen LogP contribution >= 0.6 is 0 Å². The topological polar surface area (TPSA) is 55.8 Å². The molecule has 100 valence electrons. The van der Waals surface area contributed by atoms with Crippen LogP contribution in [0.4, 0.5) is 13.2 Å². The predicted octanol–water partition coefficient (Wildman–Crippen LogP) is 1.71. The third-order valence-corrected chi connectivity index (χ3v) is 2.15. The van der Waals surface area contributed by atoms with Gasteiger partial charge in [-0.25, -0.2) is 13.6 Å². The Labute approximate surface area is 101 Å². The molecule has 18 heavy (non-hydrogen) atoms. The molecule has 1 atom stereocenters. The van der Waals surface area contributed by atoms with Crippen LogP contribution in [-0.2, 0) is 9.53 Å². The van der Waals surface area contributed by atoms with Gasteiger partial charge in [0.15, 0.2) is 23.5 Å². The maximum absolute atomic E-state index is 13.7. The molecule has 7 heteroatoms. The highest BCUT2D eigenvalue weighted by atomic mass is 19.2. The molecule has 1 aromatic carbocycles. The maximum atomic E-state index is 13.7. The monoisotopic (exact) mass is 264 g/mol. The van der Waals surface area contributed by atoms with E-state index in [4.69, 9.17) is 0 Å². The van der Waals surface area contributed by atoms with E-state index >= 15 is 0 Å². The number of hydrogen-bond acceptors (Lipinski definition) is 4. The van der Waals surface area contributed by atoms with Gasteiger partial charge in [0.05, 0.1) is 13.7 Å². The molecule has 0 saturated heterocycles. The molecule has 0 amide bonds. The fraction of sp³-hybridized carbons (Fsp3) is 0.364. The Morgan fingerprint density at radius 1 is 1.39 bits per heavy atom. The number of halogens is 3. The Bertz CT molecular complexity index is 462. The fourth-order valence-corrected chi connectivity index (χ4v) is 1.33. The Hall–Kier alpha value is -1.76. The van der Waals surface area contributed by atoms with Crippen LogP contribution < -0.4 is 4.74 Å². The average molecular weight is 264 g/mol. The minimum Gasteiger partial charge on any atom is -0.491 e. The first-order chi connectivity index (χ1) is 8.43. The van der Waals surface area contributed by atoms with Crippen LogP contribution in [0, 0.1) is 17.5 Å². The van der Waals surface area contributed by atoms with Crippen molar-refractivity contribution in [2.45, 2.75) is 13.0 Å². The van der Waals surface area contributed by atoms with Crippen molar-refractivity contribution in [2.75, 3.05) is 13.7 Å². The van der Waals surface area contributed by atoms with Gasteiger partial charge in [-0.1, -0.05) is 0 Å². The molecule has 0 fully saturated rings. The highest BCUT2D eigenvalue weighted by molar-refractivity contribution is 5.76. The van der Waals surface area contributed by atoms with Crippen LogP contribution in [-0.4, -0.2) is 24.8 Å². The summed E-state index contributed by atoms with van der Waals surface area (Å²) in [7, 11) is 0.932. The minimum atomic E-state index is -2.05. The lowest BCUT2D eigenvalue weighted by molar-refractivity contribution is -0.153. The van der Waals surface area contributed by atoms with Gasteiger partial charge in [0, 0.05) is 5.56 Å². The van der Waals surface area contributed by atoms with Crippen LogP contribution in [0.25, 0.3) is 0 Å². The normalized spacial score (nSPS) is 12.1. The molecule has 1 N–H and O–H groups in total. The highest BCUT2D eigenvalue weighted by Crippen LogP contribution is 2.30. The van der Waals surface area contributed by atoms with Gasteiger partial charge in [-0.05, 0) is 13.0 Å². The standard InChI is InChI=1S/C11H11F3O4/c1-3-18-11(16)9(15)5-4-6(12)8(14)10(17-2)7(5)13/h4,9,15H,3H2,1-2H3. The molecule has 0 aliphatic carbocycles. The van der Waals surface area contributed by atoms with E-state index in [0.29, 0.717) is 6.07 Å². The van der Waals surface area contributed by atoms with Gasteiger partial charge >= 0.3 is 5.97 Å². The zero-order valence-corrected chi connectivity index (χ0v) is 9.67.